The summed E-state index contributed by atoms with van der Waals surface area (Å²) in [6.07, 6.45) is 17.4. The van der Waals surface area contributed by atoms with Crippen LogP contribution in [0.1, 0.15) is 77.6 Å². The first-order chi connectivity index (χ1) is 6.91. The summed E-state index contributed by atoms with van der Waals surface area (Å²) in [5.74, 6) is 0. The van der Waals surface area contributed by atoms with Gasteiger partial charge in [0.2, 0.25) is 0 Å². The summed E-state index contributed by atoms with van der Waals surface area (Å²) in [6.45, 7) is 6.12. The molecule has 0 aliphatic rings. The molecule has 0 aromatic heterocycles. The van der Waals surface area contributed by atoms with Crippen LogP contribution in [0.25, 0.3) is 0 Å². The number of rotatable bonds is 11. The lowest BCUT2D eigenvalue weighted by Crippen LogP contribution is -1.82. The summed E-state index contributed by atoms with van der Waals surface area (Å²) in [5, 5.41) is 0. The van der Waals surface area contributed by atoms with Gasteiger partial charge in [-0.2, -0.15) is 0 Å². The number of hydrogen-bond donors (Lipinski definition) is 0. The van der Waals surface area contributed by atoms with Crippen molar-refractivity contribution < 1.29 is 0 Å². The predicted octanol–water partition coefficient (Wildman–Crippen LogP) is 5.34. The molecule has 0 aliphatic heterocycles. The van der Waals surface area contributed by atoms with Gasteiger partial charge in [0, 0.05) is 0 Å². The van der Waals surface area contributed by atoms with Crippen molar-refractivity contribution in [3.63, 3.8) is 0 Å². The highest BCUT2D eigenvalue weighted by atomic mass is 14.0. The maximum absolute atomic E-state index is 3.86. The predicted molar refractivity (Wildman–Crippen MR) is 66.1 cm³/mol. The second-order valence-electron chi connectivity index (χ2n) is 4.19. The molecule has 0 fully saturated rings. The Balaban J connectivity index is 2.78. The highest BCUT2D eigenvalue weighted by Gasteiger charge is 1.91. The van der Waals surface area contributed by atoms with E-state index in [0.29, 0.717) is 0 Å². The molecule has 0 heterocycles. The Kier molecular flexibility index (Phi) is 13.0. The lowest BCUT2D eigenvalue weighted by atomic mass is 10.1. The molecule has 0 unspecified atom stereocenters. The fourth-order valence-corrected chi connectivity index (χ4v) is 1.67. The summed E-state index contributed by atoms with van der Waals surface area (Å²) in [7, 11) is 0. The van der Waals surface area contributed by atoms with Crippen LogP contribution in [-0.2, 0) is 0 Å². The molecule has 0 amide bonds. The second kappa shape index (κ2) is 13.0. The molecule has 14 heavy (non-hydrogen) atoms. The molecule has 2 radical (unpaired) electrons. The van der Waals surface area contributed by atoms with E-state index in [0.717, 1.165) is 6.42 Å². The van der Waals surface area contributed by atoms with Gasteiger partial charge in [0.1, 0.15) is 0 Å². The van der Waals surface area contributed by atoms with Gasteiger partial charge < -0.3 is 0 Å². The highest BCUT2D eigenvalue weighted by Crippen LogP contribution is 2.10. The van der Waals surface area contributed by atoms with E-state index in [1.807, 2.05) is 0 Å². The third-order valence-corrected chi connectivity index (χ3v) is 2.67. The van der Waals surface area contributed by atoms with E-state index in [9.17, 15) is 0 Å². The van der Waals surface area contributed by atoms with Crippen LogP contribution in [0.15, 0.2) is 0 Å². The minimum Gasteiger partial charge on any atom is -0.0654 e. The van der Waals surface area contributed by atoms with Gasteiger partial charge in [-0.05, 0) is 6.42 Å². The van der Waals surface area contributed by atoms with Crippen LogP contribution < -0.4 is 0 Å². The zero-order valence-corrected chi connectivity index (χ0v) is 10.1. The van der Waals surface area contributed by atoms with Crippen molar-refractivity contribution in [2.45, 2.75) is 77.6 Å². The number of hydrogen-bond acceptors (Lipinski definition) is 0. The fraction of sp³-hybridized carbons (Fsp3) is 0.857. The van der Waals surface area contributed by atoms with Crippen LogP contribution >= 0.6 is 0 Å². The van der Waals surface area contributed by atoms with E-state index in [1.165, 1.54) is 64.2 Å². The van der Waals surface area contributed by atoms with Crippen molar-refractivity contribution in [2.24, 2.45) is 0 Å². The van der Waals surface area contributed by atoms with Crippen molar-refractivity contribution in [1.82, 2.24) is 0 Å². The van der Waals surface area contributed by atoms with E-state index in [2.05, 4.69) is 20.3 Å². The Labute approximate surface area is 91.5 Å². The van der Waals surface area contributed by atoms with Crippen LogP contribution in [0.3, 0.4) is 0 Å². The Morgan fingerprint density at radius 2 is 1.36 bits per heavy atom. The summed E-state index contributed by atoms with van der Waals surface area (Å²) in [6, 6.07) is 0. The minimum atomic E-state index is 1.12. The average molecular weight is 196 g/mol. The van der Waals surface area contributed by atoms with Gasteiger partial charge in [0.25, 0.3) is 0 Å². The molecule has 0 atom stereocenters. The average Bonchev–Trinajstić information content (AvgIpc) is 2.21. The summed E-state index contributed by atoms with van der Waals surface area (Å²) in [5.41, 5.74) is 0. The molecule has 0 saturated carbocycles. The number of unbranched alkanes of at least 4 members (excludes halogenated alkanes) is 11. The van der Waals surface area contributed by atoms with Crippen molar-refractivity contribution in [2.75, 3.05) is 0 Å². The quantitative estimate of drug-likeness (QED) is 0.391. The van der Waals surface area contributed by atoms with E-state index in [4.69, 9.17) is 0 Å². The first-order valence-corrected chi connectivity index (χ1v) is 6.52. The zero-order valence-electron chi connectivity index (χ0n) is 10.1. The molecule has 0 heteroatoms. The maximum atomic E-state index is 3.86. The molecule has 0 rings (SSSR count). The lowest BCUT2D eigenvalue weighted by molar-refractivity contribution is 0.588. The molecule has 0 nitrogen and oxygen atoms in total. The molecular formula is C14H28. The third-order valence-electron chi connectivity index (χ3n) is 2.67. The molecule has 0 aromatic rings. The van der Waals surface area contributed by atoms with Gasteiger partial charge >= 0.3 is 0 Å². The van der Waals surface area contributed by atoms with Gasteiger partial charge in [-0.25, -0.2) is 0 Å². The molecule has 0 aromatic carbocycles. The Bertz CT molecular complexity index is 74.0. The van der Waals surface area contributed by atoms with E-state index in [-0.39, 0.29) is 0 Å². The zero-order chi connectivity index (χ0) is 10.5. The van der Waals surface area contributed by atoms with E-state index >= 15 is 0 Å². The van der Waals surface area contributed by atoms with E-state index < -0.39 is 0 Å². The van der Waals surface area contributed by atoms with Gasteiger partial charge in [-0.3, -0.25) is 0 Å². The van der Waals surface area contributed by atoms with Crippen LogP contribution in [0, 0.1) is 13.3 Å². The first kappa shape index (κ1) is 14.0. The fourth-order valence-electron chi connectivity index (χ4n) is 1.67. The monoisotopic (exact) mass is 196 g/mol. The third kappa shape index (κ3) is 12.0. The van der Waals surface area contributed by atoms with Crippen LogP contribution in [0.2, 0.25) is 0 Å². The summed E-state index contributed by atoms with van der Waals surface area (Å²) < 4.78 is 0. The maximum Gasteiger partial charge on any atom is -0.0386 e. The highest BCUT2D eigenvalue weighted by molar-refractivity contribution is 4.63. The normalized spacial score (nSPS) is 10.7. The smallest absolute Gasteiger partial charge is 0.0386 e. The first-order valence-electron chi connectivity index (χ1n) is 6.52. The Morgan fingerprint density at radius 3 is 2.00 bits per heavy atom. The molecule has 0 spiro atoms. The molecule has 0 N–H and O–H groups in total. The molecule has 0 aliphatic carbocycles. The Hall–Kier alpha value is 0. The van der Waals surface area contributed by atoms with Crippen LogP contribution in [-0.4, -0.2) is 0 Å². The van der Waals surface area contributed by atoms with Crippen LogP contribution in [0.5, 0.6) is 0 Å². The van der Waals surface area contributed by atoms with Gasteiger partial charge in [0.15, 0.2) is 0 Å². The standard InChI is InChI=1S/C14H28/c1-3-5-7-9-11-13-14-12-10-8-6-4-2/h10H,1,3-9,11-14H2,2H3. The van der Waals surface area contributed by atoms with Gasteiger partial charge in [0.05, 0.1) is 0 Å². The second-order valence-corrected chi connectivity index (χ2v) is 4.19. The van der Waals surface area contributed by atoms with Crippen molar-refractivity contribution in [3.05, 3.63) is 13.3 Å². The lowest BCUT2D eigenvalue weighted by Gasteiger charge is -2.01. The largest absolute Gasteiger partial charge is 0.0654 e. The molecule has 0 bridgehead atoms. The van der Waals surface area contributed by atoms with Crippen molar-refractivity contribution in [1.29, 1.82) is 0 Å². The minimum absolute atomic E-state index is 1.12. The molecule has 84 valence electrons. The van der Waals surface area contributed by atoms with Gasteiger partial charge in [-0.1, -0.05) is 84.5 Å². The van der Waals surface area contributed by atoms with Gasteiger partial charge in [-0.15, -0.1) is 0 Å². The van der Waals surface area contributed by atoms with Crippen LogP contribution in [0.4, 0.5) is 0 Å². The Morgan fingerprint density at radius 1 is 0.786 bits per heavy atom. The topological polar surface area (TPSA) is 0 Å². The van der Waals surface area contributed by atoms with E-state index in [1.54, 1.807) is 0 Å². The van der Waals surface area contributed by atoms with Crippen molar-refractivity contribution >= 4 is 0 Å². The molecule has 0 saturated heterocycles. The SMILES string of the molecule is [CH2]CCCCCCCC[CH]CCCC. The summed E-state index contributed by atoms with van der Waals surface area (Å²) in [4.78, 5) is 0. The molecular weight excluding hydrogens is 168 g/mol. The summed E-state index contributed by atoms with van der Waals surface area (Å²) >= 11 is 0. The van der Waals surface area contributed by atoms with Crippen molar-refractivity contribution in [3.8, 4) is 0 Å².